The van der Waals surface area contributed by atoms with Crippen LogP contribution in [0.2, 0.25) is 0 Å². The summed E-state index contributed by atoms with van der Waals surface area (Å²) in [5, 5.41) is 2.90. The SMILES string of the molecule is CC(=O)NC[C@@H]1CCCN(Cc2ccc(C)c(F)c2C)C1. The van der Waals surface area contributed by atoms with Crippen LogP contribution in [-0.2, 0) is 11.3 Å². The van der Waals surface area contributed by atoms with Crippen molar-refractivity contribution >= 4 is 5.91 Å². The molecule has 0 bridgehead atoms. The molecule has 116 valence electrons. The fourth-order valence-electron chi connectivity index (χ4n) is 3.02. The van der Waals surface area contributed by atoms with E-state index in [0.717, 1.165) is 50.1 Å². The third-order valence-electron chi connectivity index (χ3n) is 4.33. The van der Waals surface area contributed by atoms with Gasteiger partial charge in [0.25, 0.3) is 0 Å². The maximum absolute atomic E-state index is 14.0. The lowest BCUT2D eigenvalue weighted by Gasteiger charge is -2.33. The van der Waals surface area contributed by atoms with Gasteiger partial charge in [0.1, 0.15) is 5.82 Å². The number of nitrogens with one attached hydrogen (secondary N) is 1. The summed E-state index contributed by atoms with van der Waals surface area (Å²) in [5.74, 6) is 0.445. The highest BCUT2D eigenvalue weighted by molar-refractivity contribution is 5.72. The van der Waals surface area contributed by atoms with Crippen LogP contribution in [-0.4, -0.2) is 30.4 Å². The van der Waals surface area contributed by atoms with Gasteiger partial charge in [-0.05, 0) is 55.8 Å². The van der Waals surface area contributed by atoms with Crippen molar-refractivity contribution in [1.29, 1.82) is 0 Å². The second kappa shape index (κ2) is 7.03. The number of halogens is 1. The van der Waals surface area contributed by atoms with Gasteiger partial charge in [-0.1, -0.05) is 12.1 Å². The van der Waals surface area contributed by atoms with E-state index in [9.17, 15) is 9.18 Å². The Balaban J connectivity index is 1.96. The standard InChI is InChI=1S/C17H25FN2O/c1-12-6-7-16(13(2)17(12)18)11-20-8-4-5-15(10-20)9-19-14(3)21/h6-7,15H,4-5,8-11H2,1-3H3,(H,19,21)/t15-/m0/s1. The van der Waals surface area contributed by atoms with E-state index in [4.69, 9.17) is 0 Å². The van der Waals surface area contributed by atoms with E-state index in [2.05, 4.69) is 10.2 Å². The Morgan fingerprint density at radius 3 is 2.90 bits per heavy atom. The lowest BCUT2D eigenvalue weighted by atomic mass is 9.96. The molecule has 0 aliphatic carbocycles. The Labute approximate surface area is 126 Å². The molecule has 0 unspecified atom stereocenters. The van der Waals surface area contributed by atoms with Crippen molar-refractivity contribution in [2.24, 2.45) is 5.92 Å². The highest BCUT2D eigenvalue weighted by Gasteiger charge is 2.21. The van der Waals surface area contributed by atoms with E-state index in [-0.39, 0.29) is 11.7 Å². The average molecular weight is 292 g/mol. The van der Waals surface area contributed by atoms with Gasteiger partial charge in [0, 0.05) is 26.6 Å². The average Bonchev–Trinajstić information content (AvgIpc) is 2.46. The minimum atomic E-state index is -0.0840. The van der Waals surface area contributed by atoms with Crippen LogP contribution >= 0.6 is 0 Å². The number of carbonyl (C=O) groups is 1. The first kappa shape index (κ1) is 16.0. The van der Waals surface area contributed by atoms with Crippen LogP contribution in [0.25, 0.3) is 0 Å². The predicted octanol–water partition coefficient (Wildman–Crippen LogP) is 2.79. The van der Waals surface area contributed by atoms with Crippen molar-refractivity contribution < 1.29 is 9.18 Å². The molecular weight excluding hydrogens is 267 g/mol. The molecule has 1 aromatic carbocycles. The van der Waals surface area contributed by atoms with Crippen LogP contribution in [0.3, 0.4) is 0 Å². The molecule has 4 heteroatoms. The van der Waals surface area contributed by atoms with Crippen molar-refractivity contribution in [2.75, 3.05) is 19.6 Å². The molecule has 0 aromatic heterocycles. The Kier molecular flexibility index (Phi) is 5.34. The number of likely N-dealkylation sites (tertiary alicyclic amines) is 1. The van der Waals surface area contributed by atoms with Crippen molar-refractivity contribution in [1.82, 2.24) is 10.2 Å². The summed E-state index contributed by atoms with van der Waals surface area (Å²) in [7, 11) is 0. The number of nitrogens with zero attached hydrogens (tertiary/aromatic N) is 1. The summed E-state index contributed by atoms with van der Waals surface area (Å²) < 4.78 is 14.0. The lowest BCUT2D eigenvalue weighted by molar-refractivity contribution is -0.119. The van der Waals surface area contributed by atoms with E-state index in [1.54, 1.807) is 13.8 Å². The molecule has 1 N–H and O–H groups in total. The summed E-state index contributed by atoms with van der Waals surface area (Å²) >= 11 is 0. The number of amides is 1. The number of hydrogen-bond donors (Lipinski definition) is 1. The molecule has 1 aliphatic heterocycles. The van der Waals surface area contributed by atoms with Crippen LogP contribution in [0.5, 0.6) is 0 Å². The molecule has 1 fully saturated rings. The molecule has 2 rings (SSSR count). The normalized spacial score (nSPS) is 19.5. The quantitative estimate of drug-likeness (QED) is 0.925. The monoisotopic (exact) mass is 292 g/mol. The van der Waals surface area contributed by atoms with E-state index in [1.807, 2.05) is 19.1 Å². The first-order chi connectivity index (χ1) is 9.97. The first-order valence-corrected chi connectivity index (χ1v) is 7.68. The molecular formula is C17H25FN2O. The maximum Gasteiger partial charge on any atom is 0.216 e. The minimum Gasteiger partial charge on any atom is -0.356 e. The lowest BCUT2D eigenvalue weighted by Crippen LogP contribution is -2.40. The predicted molar refractivity (Wildman–Crippen MR) is 82.6 cm³/mol. The van der Waals surface area contributed by atoms with E-state index >= 15 is 0 Å². The highest BCUT2D eigenvalue weighted by Crippen LogP contribution is 2.22. The van der Waals surface area contributed by atoms with Crippen LogP contribution in [0, 0.1) is 25.6 Å². The number of benzene rings is 1. The van der Waals surface area contributed by atoms with Gasteiger partial charge in [-0.25, -0.2) is 4.39 Å². The third-order valence-corrected chi connectivity index (χ3v) is 4.33. The van der Waals surface area contributed by atoms with Gasteiger partial charge in [-0.15, -0.1) is 0 Å². The van der Waals surface area contributed by atoms with Gasteiger partial charge in [0.05, 0.1) is 0 Å². The van der Waals surface area contributed by atoms with Crippen LogP contribution in [0.4, 0.5) is 4.39 Å². The first-order valence-electron chi connectivity index (χ1n) is 7.68. The second-order valence-corrected chi connectivity index (χ2v) is 6.16. The number of piperidine rings is 1. The van der Waals surface area contributed by atoms with Crippen molar-refractivity contribution in [3.05, 3.63) is 34.6 Å². The number of aryl methyl sites for hydroxylation is 1. The Bertz CT molecular complexity index is 516. The summed E-state index contributed by atoms with van der Waals surface area (Å²) in [6, 6.07) is 3.89. The fourth-order valence-corrected chi connectivity index (χ4v) is 3.02. The highest BCUT2D eigenvalue weighted by atomic mass is 19.1. The van der Waals surface area contributed by atoms with Gasteiger partial charge < -0.3 is 5.32 Å². The molecule has 0 saturated carbocycles. The van der Waals surface area contributed by atoms with Gasteiger partial charge in [0.15, 0.2) is 0 Å². The van der Waals surface area contributed by atoms with Gasteiger partial charge >= 0.3 is 0 Å². The van der Waals surface area contributed by atoms with E-state index in [0.29, 0.717) is 11.5 Å². The van der Waals surface area contributed by atoms with Crippen molar-refractivity contribution in [3.63, 3.8) is 0 Å². The molecule has 0 radical (unpaired) electrons. The Morgan fingerprint density at radius 2 is 2.19 bits per heavy atom. The summed E-state index contributed by atoms with van der Waals surface area (Å²) in [5.41, 5.74) is 2.54. The molecule has 0 spiro atoms. The summed E-state index contributed by atoms with van der Waals surface area (Å²) in [6.45, 7) is 8.76. The third kappa shape index (κ3) is 4.27. The van der Waals surface area contributed by atoms with Crippen LogP contribution < -0.4 is 5.32 Å². The van der Waals surface area contributed by atoms with Gasteiger partial charge in [-0.3, -0.25) is 9.69 Å². The van der Waals surface area contributed by atoms with Gasteiger partial charge in [-0.2, -0.15) is 0 Å². The molecule has 1 saturated heterocycles. The minimum absolute atomic E-state index is 0.0311. The largest absolute Gasteiger partial charge is 0.356 e. The van der Waals surface area contributed by atoms with Crippen LogP contribution in [0.15, 0.2) is 12.1 Å². The summed E-state index contributed by atoms with van der Waals surface area (Å²) in [6.07, 6.45) is 2.29. The molecule has 1 heterocycles. The second-order valence-electron chi connectivity index (χ2n) is 6.16. The zero-order chi connectivity index (χ0) is 15.4. The van der Waals surface area contributed by atoms with Crippen LogP contribution in [0.1, 0.15) is 36.5 Å². The molecule has 1 aliphatic rings. The van der Waals surface area contributed by atoms with E-state index < -0.39 is 0 Å². The summed E-state index contributed by atoms with van der Waals surface area (Å²) in [4.78, 5) is 13.4. The van der Waals surface area contributed by atoms with Crippen molar-refractivity contribution in [3.8, 4) is 0 Å². The zero-order valence-electron chi connectivity index (χ0n) is 13.2. The molecule has 1 aromatic rings. The molecule has 3 nitrogen and oxygen atoms in total. The molecule has 1 atom stereocenters. The van der Waals surface area contributed by atoms with E-state index in [1.165, 1.54) is 0 Å². The topological polar surface area (TPSA) is 32.3 Å². The maximum atomic E-state index is 14.0. The number of carbonyl (C=O) groups excluding carboxylic acids is 1. The molecule has 21 heavy (non-hydrogen) atoms. The van der Waals surface area contributed by atoms with Gasteiger partial charge in [0.2, 0.25) is 5.91 Å². The smallest absolute Gasteiger partial charge is 0.216 e. The zero-order valence-corrected chi connectivity index (χ0v) is 13.2. The Morgan fingerprint density at radius 1 is 1.43 bits per heavy atom. The number of rotatable bonds is 4. The van der Waals surface area contributed by atoms with Crippen molar-refractivity contribution in [2.45, 2.75) is 40.2 Å². The molecule has 1 amide bonds. The fraction of sp³-hybridized carbons (Fsp3) is 0.588. The Hall–Kier alpha value is -1.42. The number of hydrogen-bond acceptors (Lipinski definition) is 2.